The van der Waals surface area contributed by atoms with E-state index in [0.29, 0.717) is 16.5 Å². The molecule has 2 atom stereocenters. The van der Waals surface area contributed by atoms with Crippen molar-refractivity contribution in [3.63, 3.8) is 0 Å². The lowest BCUT2D eigenvalue weighted by atomic mass is 9.83. The maximum atomic E-state index is 13.3. The second kappa shape index (κ2) is 7.66. The number of nitrogens with zero attached hydrogens (tertiary/aromatic N) is 1. The predicted octanol–water partition coefficient (Wildman–Crippen LogP) is 4.22. The molecule has 2 aromatic heterocycles. The fraction of sp³-hybridized carbons (Fsp3) is 0.320. The molecule has 6 nitrogen and oxygen atoms in total. The van der Waals surface area contributed by atoms with Crippen LogP contribution in [0, 0.1) is 5.92 Å². The van der Waals surface area contributed by atoms with Crippen molar-refractivity contribution in [2.24, 2.45) is 11.7 Å². The lowest BCUT2D eigenvalue weighted by molar-refractivity contribution is 0.0975. The van der Waals surface area contributed by atoms with Crippen LogP contribution in [-0.4, -0.2) is 40.5 Å². The number of nitrogens with two attached hydrogens (primary N) is 1. The highest BCUT2D eigenvalue weighted by atomic mass is 35.5. The Kier molecular flexibility index (Phi) is 4.75. The zero-order valence-electron chi connectivity index (χ0n) is 17.7. The average molecular weight is 448 g/mol. The van der Waals surface area contributed by atoms with Crippen LogP contribution in [0.4, 0.5) is 5.69 Å². The summed E-state index contributed by atoms with van der Waals surface area (Å²) in [5.41, 5.74) is 10.5. The van der Waals surface area contributed by atoms with Gasteiger partial charge < -0.3 is 25.9 Å². The summed E-state index contributed by atoms with van der Waals surface area (Å²) in [4.78, 5) is 22.3. The van der Waals surface area contributed by atoms with E-state index in [2.05, 4.69) is 20.2 Å². The molecule has 5 heterocycles. The van der Waals surface area contributed by atoms with Gasteiger partial charge in [-0.05, 0) is 67.6 Å². The molecule has 2 bridgehead atoms. The number of halogens is 1. The molecule has 7 heteroatoms. The molecular weight excluding hydrogens is 422 g/mol. The molecule has 0 spiro atoms. The molecule has 7 rings (SSSR count). The molecule has 3 aliphatic rings. The highest BCUT2D eigenvalue weighted by Crippen LogP contribution is 2.36. The number of hydrogen-bond donors (Lipinski definition) is 4. The van der Waals surface area contributed by atoms with Crippen LogP contribution in [0.5, 0.6) is 0 Å². The average Bonchev–Trinajstić information content (AvgIpc) is 3.24. The van der Waals surface area contributed by atoms with E-state index in [1.165, 1.54) is 12.8 Å². The number of fused-ring (bicyclic) bond motifs is 5. The van der Waals surface area contributed by atoms with Gasteiger partial charge in [0.1, 0.15) is 0 Å². The molecule has 0 amide bonds. The number of aromatic amines is 2. The van der Waals surface area contributed by atoms with E-state index in [1.54, 1.807) is 6.07 Å². The standard InChI is InChI=1S/C25H26ClN5O/c26-16-5-6-19-17(12-16)24(29-21-13-31-9-7-14(21)8-10-31)22(25(32)30-19)23(27)20-11-15-3-1-2-4-18(15)28-20/h1-6,11-12,14,21,23,28H,7-10,13,27H2,(H2,29,30,32)/t21-,23?/m1/s1. The van der Waals surface area contributed by atoms with Crippen LogP contribution in [0.15, 0.2) is 53.3 Å². The molecule has 2 aromatic carbocycles. The van der Waals surface area contributed by atoms with Crippen molar-refractivity contribution in [2.45, 2.75) is 24.9 Å². The van der Waals surface area contributed by atoms with Gasteiger partial charge in [0.05, 0.1) is 22.8 Å². The Morgan fingerprint density at radius 1 is 1.06 bits per heavy atom. The zero-order chi connectivity index (χ0) is 21.8. The van der Waals surface area contributed by atoms with Crippen molar-refractivity contribution in [1.82, 2.24) is 14.9 Å². The fourth-order valence-electron chi connectivity index (χ4n) is 5.47. The molecule has 3 fully saturated rings. The number of para-hydroxylation sites is 1. The maximum Gasteiger partial charge on any atom is 0.255 e. The number of anilines is 1. The number of rotatable bonds is 4. The number of piperidine rings is 3. The SMILES string of the molecule is NC(c1cc2ccccc2[nH]1)c1c(N[C@@H]2CN3CCC2CC3)c2cc(Cl)ccc2[nH]c1=O. The van der Waals surface area contributed by atoms with Crippen LogP contribution in [-0.2, 0) is 0 Å². The normalized spacial score (nSPS) is 23.6. The summed E-state index contributed by atoms with van der Waals surface area (Å²) >= 11 is 6.37. The van der Waals surface area contributed by atoms with Crippen molar-refractivity contribution in [3.05, 3.63) is 75.2 Å². The quantitative estimate of drug-likeness (QED) is 0.377. The Bertz CT molecular complexity index is 1340. The molecule has 0 saturated carbocycles. The topological polar surface area (TPSA) is 89.9 Å². The molecule has 32 heavy (non-hydrogen) atoms. The van der Waals surface area contributed by atoms with Crippen molar-refractivity contribution in [3.8, 4) is 0 Å². The maximum absolute atomic E-state index is 13.3. The number of hydrogen-bond acceptors (Lipinski definition) is 4. The summed E-state index contributed by atoms with van der Waals surface area (Å²) < 4.78 is 0. The first-order chi connectivity index (χ1) is 15.6. The van der Waals surface area contributed by atoms with Crippen LogP contribution in [0.3, 0.4) is 0 Å². The van der Waals surface area contributed by atoms with Gasteiger partial charge in [0.2, 0.25) is 0 Å². The molecule has 0 aliphatic carbocycles. The van der Waals surface area contributed by atoms with Gasteiger partial charge in [-0.3, -0.25) is 4.79 Å². The minimum atomic E-state index is -0.599. The van der Waals surface area contributed by atoms with E-state index in [9.17, 15) is 4.79 Å². The van der Waals surface area contributed by atoms with Gasteiger partial charge in [-0.15, -0.1) is 0 Å². The van der Waals surface area contributed by atoms with Gasteiger partial charge in [0.25, 0.3) is 5.56 Å². The third-order valence-electron chi connectivity index (χ3n) is 7.20. The third kappa shape index (κ3) is 3.30. The molecule has 0 radical (unpaired) electrons. The van der Waals surface area contributed by atoms with Crippen LogP contribution >= 0.6 is 11.6 Å². The fourth-order valence-corrected chi connectivity index (χ4v) is 5.64. The Morgan fingerprint density at radius 3 is 2.62 bits per heavy atom. The number of H-pyrrole nitrogens is 2. The Labute approximate surface area is 190 Å². The van der Waals surface area contributed by atoms with Gasteiger partial charge in [-0.2, -0.15) is 0 Å². The number of benzene rings is 2. The summed E-state index contributed by atoms with van der Waals surface area (Å²) in [6.45, 7) is 3.30. The van der Waals surface area contributed by atoms with E-state index in [4.69, 9.17) is 17.3 Å². The molecule has 4 aromatic rings. The minimum absolute atomic E-state index is 0.172. The molecule has 3 aliphatic heterocycles. The van der Waals surface area contributed by atoms with Crippen molar-refractivity contribution in [2.75, 3.05) is 25.0 Å². The summed E-state index contributed by atoms with van der Waals surface area (Å²) in [5, 5.41) is 6.37. The Hall–Kier alpha value is -2.80. The summed E-state index contributed by atoms with van der Waals surface area (Å²) in [6.07, 6.45) is 2.37. The molecule has 164 valence electrons. The summed E-state index contributed by atoms with van der Waals surface area (Å²) in [7, 11) is 0. The zero-order valence-corrected chi connectivity index (χ0v) is 18.5. The highest BCUT2D eigenvalue weighted by Gasteiger charge is 2.35. The van der Waals surface area contributed by atoms with Crippen molar-refractivity contribution in [1.29, 1.82) is 0 Å². The second-order valence-electron chi connectivity index (χ2n) is 9.11. The van der Waals surface area contributed by atoms with Crippen molar-refractivity contribution < 1.29 is 0 Å². The molecule has 3 saturated heterocycles. The van der Waals surface area contributed by atoms with Crippen LogP contribution < -0.4 is 16.6 Å². The first-order valence-corrected chi connectivity index (χ1v) is 11.6. The van der Waals surface area contributed by atoms with E-state index >= 15 is 0 Å². The third-order valence-corrected chi connectivity index (χ3v) is 7.43. The van der Waals surface area contributed by atoms with Gasteiger partial charge in [0.15, 0.2) is 0 Å². The summed E-state index contributed by atoms with van der Waals surface area (Å²) in [5.74, 6) is 0.602. The van der Waals surface area contributed by atoms with E-state index in [1.807, 2.05) is 42.5 Å². The lowest BCUT2D eigenvalue weighted by Crippen LogP contribution is -2.53. The second-order valence-corrected chi connectivity index (χ2v) is 9.55. The predicted molar refractivity (Wildman–Crippen MR) is 130 cm³/mol. The minimum Gasteiger partial charge on any atom is -0.380 e. The van der Waals surface area contributed by atoms with E-state index < -0.39 is 6.04 Å². The molecule has 1 unspecified atom stereocenters. The lowest BCUT2D eigenvalue weighted by Gasteiger charge is -2.45. The number of pyridine rings is 1. The Morgan fingerprint density at radius 2 is 1.88 bits per heavy atom. The van der Waals surface area contributed by atoms with E-state index in [-0.39, 0.29) is 11.6 Å². The summed E-state index contributed by atoms with van der Waals surface area (Å²) in [6, 6.07) is 15.3. The van der Waals surface area contributed by atoms with Gasteiger partial charge in [0, 0.05) is 34.2 Å². The molecular formula is C25H26ClN5O. The monoisotopic (exact) mass is 447 g/mol. The first kappa shape index (κ1) is 19.9. The smallest absolute Gasteiger partial charge is 0.255 e. The first-order valence-electron chi connectivity index (χ1n) is 11.2. The van der Waals surface area contributed by atoms with Gasteiger partial charge in [-0.25, -0.2) is 0 Å². The number of aromatic nitrogens is 2. The Balaban J connectivity index is 1.51. The van der Waals surface area contributed by atoms with Crippen LogP contribution in [0.1, 0.15) is 30.1 Å². The van der Waals surface area contributed by atoms with Crippen LogP contribution in [0.25, 0.3) is 21.8 Å². The van der Waals surface area contributed by atoms with Gasteiger partial charge in [-0.1, -0.05) is 29.8 Å². The molecule has 5 N–H and O–H groups in total. The number of nitrogens with one attached hydrogen (secondary N) is 3. The highest BCUT2D eigenvalue weighted by molar-refractivity contribution is 6.31. The van der Waals surface area contributed by atoms with Crippen molar-refractivity contribution >= 4 is 39.1 Å². The largest absolute Gasteiger partial charge is 0.380 e. The van der Waals surface area contributed by atoms with Gasteiger partial charge >= 0.3 is 0 Å². The van der Waals surface area contributed by atoms with E-state index in [0.717, 1.165) is 52.8 Å². The van der Waals surface area contributed by atoms with Crippen LogP contribution in [0.2, 0.25) is 5.02 Å².